The Hall–Kier alpha value is -1.45. The molecule has 0 saturated heterocycles. The third kappa shape index (κ3) is 1.89. The molecule has 96 valence electrons. The number of nitrogens with one attached hydrogen (secondary N) is 1. The molecule has 1 aliphatic rings. The number of hydrogen-bond donors (Lipinski definition) is 1. The van der Waals surface area contributed by atoms with E-state index in [9.17, 15) is 8.78 Å². The average Bonchev–Trinajstić information content (AvgIpc) is 2.81. The summed E-state index contributed by atoms with van der Waals surface area (Å²) in [4.78, 5) is 7.72. The Kier molecular flexibility index (Phi) is 2.44. The van der Waals surface area contributed by atoms with E-state index in [0.717, 1.165) is 28.0 Å². The molecular weight excluding hydrogens is 234 g/mol. The second-order valence-corrected chi connectivity index (χ2v) is 5.40. The van der Waals surface area contributed by atoms with Crippen molar-refractivity contribution in [2.24, 2.45) is 0 Å². The third-order valence-corrected chi connectivity index (χ3v) is 3.73. The highest BCUT2D eigenvalue weighted by Crippen LogP contribution is 2.43. The van der Waals surface area contributed by atoms with Crippen LogP contribution in [0.25, 0.3) is 11.0 Å². The number of rotatable bonds is 1. The number of aromatic amines is 1. The minimum absolute atomic E-state index is 0.0211. The van der Waals surface area contributed by atoms with Crippen LogP contribution in [-0.4, -0.2) is 15.9 Å². The van der Waals surface area contributed by atoms with Gasteiger partial charge in [0.1, 0.15) is 5.82 Å². The maximum absolute atomic E-state index is 13.2. The predicted octanol–water partition coefficient (Wildman–Crippen LogP) is 4.08. The number of aryl methyl sites for hydroxylation is 2. The number of fused-ring (bicyclic) bond motifs is 1. The lowest BCUT2D eigenvalue weighted by molar-refractivity contribution is 0.00756. The van der Waals surface area contributed by atoms with Crippen LogP contribution in [0.15, 0.2) is 12.1 Å². The molecule has 0 radical (unpaired) electrons. The van der Waals surface area contributed by atoms with Crippen LogP contribution in [0.1, 0.15) is 42.1 Å². The van der Waals surface area contributed by atoms with Crippen LogP contribution in [0, 0.1) is 13.8 Å². The van der Waals surface area contributed by atoms with Gasteiger partial charge in [-0.1, -0.05) is 6.07 Å². The van der Waals surface area contributed by atoms with E-state index in [-0.39, 0.29) is 18.8 Å². The SMILES string of the molecule is Cc1cc(C)c2nc(C3CCC(F)(F)C3)[nH]c2c1. The van der Waals surface area contributed by atoms with Gasteiger partial charge in [0.2, 0.25) is 5.92 Å². The van der Waals surface area contributed by atoms with Crippen LogP contribution in [0.5, 0.6) is 0 Å². The molecule has 1 aromatic heterocycles. The molecule has 2 nitrogen and oxygen atoms in total. The minimum Gasteiger partial charge on any atom is -0.342 e. The fourth-order valence-corrected chi connectivity index (χ4v) is 2.87. The Balaban J connectivity index is 2.02. The summed E-state index contributed by atoms with van der Waals surface area (Å²) in [6.07, 6.45) is 0.419. The molecule has 1 saturated carbocycles. The second-order valence-electron chi connectivity index (χ2n) is 5.40. The van der Waals surface area contributed by atoms with Crippen LogP contribution in [0.2, 0.25) is 0 Å². The van der Waals surface area contributed by atoms with Crippen molar-refractivity contribution in [3.63, 3.8) is 0 Å². The van der Waals surface area contributed by atoms with Gasteiger partial charge in [0.05, 0.1) is 11.0 Å². The summed E-state index contributed by atoms with van der Waals surface area (Å²) in [7, 11) is 0. The first-order valence-corrected chi connectivity index (χ1v) is 6.29. The monoisotopic (exact) mass is 250 g/mol. The molecule has 3 rings (SSSR count). The van der Waals surface area contributed by atoms with E-state index in [1.807, 2.05) is 19.9 Å². The summed E-state index contributed by atoms with van der Waals surface area (Å²) in [5.41, 5.74) is 4.12. The zero-order valence-corrected chi connectivity index (χ0v) is 10.6. The van der Waals surface area contributed by atoms with E-state index in [0.29, 0.717) is 6.42 Å². The van der Waals surface area contributed by atoms with Gasteiger partial charge in [0.25, 0.3) is 0 Å². The van der Waals surface area contributed by atoms with Crippen LogP contribution in [-0.2, 0) is 0 Å². The molecule has 0 spiro atoms. The van der Waals surface area contributed by atoms with E-state index in [1.165, 1.54) is 0 Å². The topological polar surface area (TPSA) is 28.7 Å². The highest BCUT2D eigenvalue weighted by atomic mass is 19.3. The standard InChI is InChI=1S/C14H16F2N2/c1-8-5-9(2)12-11(6-8)17-13(18-12)10-3-4-14(15,16)7-10/h5-6,10H,3-4,7H2,1-2H3,(H,17,18). The summed E-state index contributed by atoms with van der Waals surface area (Å²) in [5, 5.41) is 0. The fraction of sp³-hybridized carbons (Fsp3) is 0.500. The molecule has 4 heteroatoms. The van der Waals surface area contributed by atoms with Crippen LogP contribution in [0.3, 0.4) is 0 Å². The van der Waals surface area contributed by atoms with Gasteiger partial charge in [-0.05, 0) is 37.5 Å². The van der Waals surface area contributed by atoms with Gasteiger partial charge in [-0.3, -0.25) is 0 Å². The summed E-state index contributed by atoms with van der Waals surface area (Å²) >= 11 is 0. The van der Waals surface area contributed by atoms with Crippen molar-refractivity contribution in [1.29, 1.82) is 0 Å². The lowest BCUT2D eigenvalue weighted by Crippen LogP contribution is -2.09. The molecule has 1 unspecified atom stereocenters. The van der Waals surface area contributed by atoms with Crippen LogP contribution in [0.4, 0.5) is 8.78 Å². The number of benzene rings is 1. The normalized spacial score (nSPS) is 22.8. The molecule has 1 heterocycles. The van der Waals surface area contributed by atoms with Crippen molar-refractivity contribution in [1.82, 2.24) is 9.97 Å². The van der Waals surface area contributed by atoms with Crippen molar-refractivity contribution in [2.45, 2.75) is 45.0 Å². The quantitative estimate of drug-likeness (QED) is 0.811. The molecule has 0 amide bonds. The van der Waals surface area contributed by atoms with E-state index in [2.05, 4.69) is 16.0 Å². The van der Waals surface area contributed by atoms with Crippen molar-refractivity contribution >= 4 is 11.0 Å². The van der Waals surface area contributed by atoms with Crippen LogP contribution < -0.4 is 0 Å². The Bertz CT molecular complexity index is 601. The first kappa shape index (κ1) is 11.6. The van der Waals surface area contributed by atoms with E-state index < -0.39 is 5.92 Å². The predicted molar refractivity (Wildman–Crippen MR) is 67.1 cm³/mol. The zero-order valence-electron chi connectivity index (χ0n) is 10.6. The molecule has 1 aliphatic carbocycles. The van der Waals surface area contributed by atoms with E-state index in [1.54, 1.807) is 0 Å². The Morgan fingerprint density at radius 3 is 2.78 bits per heavy atom. The van der Waals surface area contributed by atoms with Gasteiger partial charge >= 0.3 is 0 Å². The summed E-state index contributed by atoms with van der Waals surface area (Å²) in [6, 6.07) is 4.09. The smallest absolute Gasteiger partial charge is 0.248 e. The largest absolute Gasteiger partial charge is 0.342 e. The Labute approximate surface area is 104 Å². The van der Waals surface area contributed by atoms with E-state index in [4.69, 9.17) is 0 Å². The Morgan fingerprint density at radius 1 is 1.33 bits per heavy atom. The number of halogens is 2. The highest BCUT2D eigenvalue weighted by molar-refractivity contribution is 5.79. The fourth-order valence-electron chi connectivity index (χ4n) is 2.87. The highest BCUT2D eigenvalue weighted by Gasteiger charge is 2.41. The number of hydrogen-bond acceptors (Lipinski definition) is 1. The minimum atomic E-state index is -2.52. The molecular formula is C14H16F2N2. The summed E-state index contributed by atoms with van der Waals surface area (Å²) in [6.45, 7) is 4.03. The van der Waals surface area contributed by atoms with Crippen molar-refractivity contribution in [2.75, 3.05) is 0 Å². The van der Waals surface area contributed by atoms with Gasteiger partial charge in [0.15, 0.2) is 0 Å². The molecule has 1 N–H and O–H groups in total. The van der Waals surface area contributed by atoms with E-state index >= 15 is 0 Å². The first-order valence-electron chi connectivity index (χ1n) is 6.29. The molecule has 18 heavy (non-hydrogen) atoms. The van der Waals surface area contributed by atoms with Crippen LogP contribution >= 0.6 is 0 Å². The van der Waals surface area contributed by atoms with Gasteiger partial charge in [-0.15, -0.1) is 0 Å². The number of alkyl halides is 2. The maximum Gasteiger partial charge on any atom is 0.248 e. The molecule has 0 bridgehead atoms. The molecule has 1 aromatic carbocycles. The second kappa shape index (κ2) is 3.77. The number of nitrogens with zero attached hydrogens (tertiary/aromatic N) is 1. The van der Waals surface area contributed by atoms with Gasteiger partial charge in [-0.25, -0.2) is 13.8 Å². The van der Waals surface area contributed by atoms with Crippen molar-refractivity contribution in [3.8, 4) is 0 Å². The molecule has 1 atom stereocenters. The lowest BCUT2D eigenvalue weighted by atomic mass is 10.1. The first-order chi connectivity index (χ1) is 8.44. The summed E-state index contributed by atoms with van der Waals surface area (Å²) in [5.74, 6) is -1.93. The van der Waals surface area contributed by atoms with Gasteiger partial charge in [-0.2, -0.15) is 0 Å². The number of H-pyrrole nitrogens is 1. The average molecular weight is 250 g/mol. The van der Waals surface area contributed by atoms with Gasteiger partial charge in [0, 0.05) is 18.8 Å². The number of imidazole rings is 1. The van der Waals surface area contributed by atoms with Crippen molar-refractivity contribution in [3.05, 3.63) is 29.1 Å². The Morgan fingerprint density at radius 2 is 2.11 bits per heavy atom. The lowest BCUT2D eigenvalue weighted by Gasteiger charge is -2.07. The maximum atomic E-state index is 13.2. The molecule has 0 aliphatic heterocycles. The number of aromatic nitrogens is 2. The molecule has 2 aromatic rings. The molecule has 1 fully saturated rings. The van der Waals surface area contributed by atoms with Crippen molar-refractivity contribution < 1.29 is 8.78 Å². The zero-order chi connectivity index (χ0) is 12.9. The summed E-state index contributed by atoms with van der Waals surface area (Å²) < 4.78 is 26.5. The third-order valence-electron chi connectivity index (χ3n) is 3.73. The van der Waals surface area contributed by atoms with Gasteiger partial charge < -0.3 is 4.98 Å².